The lowest BCUT2D eigenvalue weighted by molar-refractivity contribution is -0.890. The predicted octanol–water partition coefficient (Wildman–Crippen LogP) is 2.82. The lowest BCUT2D eigenvalue weighted by Crippen LogP contribution is -3.07. The van der Waals surface area contributed by atoms with Gasteiger partial charge in [0.1, 0.15) is 6.04 Å². The molecule has 0 fully saturated rings. The maximum atomic E-state index is 6.14. The molecule has 0 spiro atoms. The van der Waals surface area contributed by atoms with Gasteiger partial charge in [-0.3, -0.25) is 0 Å². The predicted molar refractivity (Wildman–Crippen MR) is 102 cm³/mol. The molecular formula is C18H23ClN3S+. The maximum Gasteiger partial charge on any atom is 0.171 e. The fraction of sp³-hybridized carbons (Fsp3) is 0.278. The highest BCUT2D eigenvalue weighted by atomic mass is 35.5. The van der Waals surface area contributed by atoms with Crippen molar-refractivity contribution in [1.29, 1.82) is 0 Å². The summed E-state index contributed by atoms with van der Waals surface area (Å²) in [5, 5.41) is 7.82. The van der Waals surface area contributed by atoms with Gasteiger partial charge in [0.25, 0.3) is 0 Å². The Kier molecular flexibility index (Phi) is 6.39. The van der Waals surface area contributed by atoms with Crippen LogP contribution in [0.2, 0.25) is 5.02 Å². The van der Waals surface area contributed by atoms with E-state index >= 15 is 0 Å². The van der Waals surface area contributed by atoms with Crippen molar-refractivity contribution in [2.24, 2.45) is 0 Å². The molecule has 3 nitrogen and oxygen atoms in total. The molecule has 0 bridgehead atoms. The number of rotatable bonds is 5. The zero-order chi connectivity index (χ0) is 16.8. The van der Waals surface area contributed by atoms with Gasteiger partial charge in [-0.2, -0.15) is 0 Å². The number of aryl methyl sites for hydroxylation is 1. The Hall–Kier alpha value is -1.62. The molecule has 5 heteroatoms. The molecule has 0 saturated carbocycles. The first-order valence-electron chi connectivity index (χ1n) is 7.63. The summed E-state index contributed by atoms with van der Waals surface area (Å²) in [4.78, 5) is 1.35. The fourth-order valence-corrected chi connectivity index (χ4v) is 2.76. The minimum absolute atomic E-state index is 0.331. The third-order valence-corrected chi connectivity index (χ3v) is 4.45. The second-order valence-electron chi connectivity index (χ2n) is 5.84. The van der Waals surface area contributed by atoms with Crippen molar-refractivity contribution in [3.63, 3.8) is 0 Å². The van der Waals surface area contributed by atoms with Gasteiger partial charge < -0.3 is 15.5 Å². The van der Waals surface area contributed by atoms with Crippen LogP contribution in [0.25, 0.3) is 0 Å². The molecule has 0 radical (unpaired) electrons. The van der Waals surface area contributed by atoms with E-state index in [2.05, 4.69) is 49.0 Å². The summed E-state index contributed by atoms with van der Waals surface area (Å²) in [7, 11) is 4.30. The average Bonchev–Trinajstić information content (AvgIpc) is 2.52. The van der Waals surface area contributed by atoms with Crippen LogP contribution in [0.4, 0.5) is 5.69 Å². The van der Waals surface area contributed by atoms with Crippen LogP contribution in [0, 0.1) is 6.92 Å². The van der Waals surface area contributed by atoms with Crippen molar-refractivity contribution in [1.82, 2.24) is 5.32 Å². The Balaban J connectivity index is 1.95. The van der Waals surface area contributed by atoms with E-state index in [0.29, 0.717) is 11.2 Å². The number of benzene rings is 2. The molecule has 0 aliphatic carbocycles. The maximum absolute atomic E-state index is 6.14. The molecule has 0 unspecified atom stereocenters. The van der Waals surface area contributed by atoms with Gasteiger partial charge in [0.15, 0.2) is 5.11 Å². The molecule has 0 aromatic heterocycles. The molecule has 2 aromatic carbocycles. The number of quaternary nitrogens is 1. The first-order chi connectivity index (χ1) is 11.0. The van der Waals surface area contributed by atoms with Crippen LogP contribution in [-0.4, -0.2) is 25.8 Å². The Morgan fingerprint density at radius 2 is 1.87 bits per heavy atom. The number of nitrogens with one attached hydrogen (secondary N) is 3. The van der Waals surface area contributed by atoms with Gasteiger partial charge >= 0.3 is 0 Å². The van der Waals surface area contributed by atoms with E-state index < -0.39 is 0 Å². The van der Waals surface area contributed by atoms with Crippen LogP contribution in [-0.2, 0) is 0 Å². The van der Waals surface area contributed by atoms with Crippen LogP contribution in [0.3, 0.4) is 0 Å². The SMILES string of the molecule is Cc1ccc(NC(=S)NC[C@@H](c2ccccc2)[NH+](C)C)cc1Cl. The van der Waals surface area contributed by atoms with Gasteiger partial charge in [-0.05, 0) is 36.8 Å². The third-order valence-electron chi connectivity index (χ3n) is 3.80. The number of halogens is 1. The third kappa shape index (κ3) is 5.20. The van der Waals surface area contributed by atoms with Gasteiger partial charge in [0, 0.05) is 16.3 Å². The molecular weight excluding hydrogens is 326 g/mol. The Labute approximate surface area is 148 Å². The summed E-state index contributed by atoms with van der Waals surface area (Å²) >= 11 is 11.5. The van der Waals surface area contributed by atoms with Gasteiger partial charge in [-0.15, -0.1) is 0 Å². The summed E-state index contributed by atoms with van der Waals surface area (Å²) in [6, 6.07) is 16.6. The smallest absolute Gasteiger partial charge is 0.171 e. The summed E-state index contributed by atoms with van der Waals surface area (Å²) in [6.07, 6.45) is 0. The van der Waals surface area contributed by atoms with Crippen molar-refractivity contribution in [3.05, 3.63) is 64.7 Å². The van der Waals surface area contributed by atoms with Crippen LogP contribution in [0.1, 0.15) is 17.2 Å². The highest BCUT2D eigenvalue weighted by Crippen LogP contribution is 2.19. The summed E-state index contributed by atoms with van der Waals surface area (Å²) in [5.41, 5.74) is 3.24. The molecule has 0 heterocycles. The van der Waals surface area contributed by atoms with E-state index in [1.54, 1.807) is 0 Å². The summed E-state index contributed by atoms with van der Waals surface area (Å²) in [6.45, 7) is 2.74. The van der Waals surface area contributed by atoms with E-state index in [9.17, 15) is 0 Å². The highest BCUT2D eigenvalue weighted by molar-refractivity contribution is 7.80. The topological polar surface area (TPSA) is 28.5 Å². The molecule has 0 saturated heterocycles. The number of anilines is 1. The van der Waals surface area contributed by atoms with E-state index in [1.807, 2.05) is 31.2 Å². The normalized spacial score (nSPS) is 12.0. The molecule has 23 heavy (non-hydrogen) atoms. The Morgan fingerprint density at radius 3 is 2.48 bits per heavy atom. The minimum atomic E-state index is 0.331. The molecule has 3 N–H and O–H groups in total. The van der Waals surface area contributed by atoms with Crippen LogP contribution < -0.4 is 15.5 Å². The van der Waals surface area contributed by atoms with E-state index in [4.69, 9.17) is 23.8 Å². The van der Waals surface area contributed by atoms with Crippen LogP contribution in [0.5, 0.6) is 0 Å². The standard InChI is InChI=1S/C18H22ClN3S/c1-13-9-10-15(11-16(13)19)21-18(23)20-12-17(22(2)3)14-7-5-4-6-8-14/h4-11,17H,12H2,1-3H3,(H2,20,21,23)/p+1/t17-/m0/s1. The van der Waals surface area contributed by atoms with Crippen LogP contribution >= 0.6 is 23.8 Å². The molecule has 0 aliphatic heterocycles. The fourth-order valence-electron chi connectivity index (χ4n) is 2.38. The molecule has 1 atom stereocenters. The number of hydrogen-bond donors (Lipinski definition) is 3. The zero-order valence-electron chi connectivity index (χ0n) is 13.7. The molecule has 2 aromatic rings. The van der Waals surface area contributed by atoms with Crippen molar-refractivity contribution in [2.75, 3.05) is 26.0 Å². The van der Waals surface area contributed by atoms with Gasteiger partial charge in [0.2, 0.25) is 0 Å². The van der Waals surface area contributed by atoms with Crippen molar-refractivity contribution in [2.45, 2.75) is 13.0 Å². The van der Waals surface area contributed by atoms with Crippen molar-refractivity contribution in [3.8, 4) is 0 Å². The monoisotopic (exact) mass is 348 g/mol. The zero-order valence-corrected chi connectivity index (χ0v) is 15.3. The summed E-state index contributed by atoms with van der Waals surface area (Å²) in [5.74, 6) is 0. The lowest BCUT2D eigenvalue weighted by atomic mass is 10.1. The highest BCUT2D eigenvalue weighted by Gasteiger charge is 2.17. The summed E-state index contributed by atoms with van der Waals surface area (Å²) < 4.78 is 0. The largest absolute Gasteiger partial charge is 0.356 e. The van der Waals surface area contributed by atoms with Crippen molar-refractivity contribution < 1.29 is 4.90 Å². The van der Waals surface area contributed by atoms with Gasteiger partial charge in [0.05, 0.1) is 20.6 Å². The molecule has 2 rings (SSSR count). The Bertz CT molecular complexity index is 659. The lowest BCUT2D eigenvalue weighted by Gasteiger charge is -2.23. The second kappa shape index (κ2) is 8.29. The molecule has 122 valence electrons. The van der Waals surface area contributed by atoms with Gasteiger partial charge in [-0.25, -0.2) is 0 Å². The van der Waals surface area contributed by atoms with Crippen LogP contribution in [0.15, 0.2) is 48.5 Å². The molecule has 0 aliphatic rings. The Morgan fingerprint density at radius 1 is 1.17 bits per heavy atom. The van der Waals surface area contributed by atoms with Gasteiger partial charge in [-0.1, -0.05) is 48.0 Å². The quantitative estimate of drug-likeness (QED) is 0.726. The first-order valence-corrected chi connectivity index (χ1v) is 8.42. The van der Waals surface area contributed by atoms with Crippen molar-refractivity contribution >= 4 is 34.6 Å². The van der Waals surface area contributed by atoms with E-state index in [-0.39, 0.29) is 0 Å². The molecule has 0 amide bonds. The minimum Gasteiger partial charge on any atom is -0.356 e. The number of thiocarbonyl (C=S) groups is 1. The second-order valence-corrected chi connectivity index (χ2v) is 6.66. The average molecular weight is 349 g/mol. The van der Waals surface area contributed by atoms with E-state index in [1.165, 1.54) is 10.5 Å². The first kappa shape index (κ1) is 17.7. The number of likely N-dealkylation sites (N-methyl/N-ethyl adjacent to an activating group) is 1. The number of hydrogen-bond acceptors (Lipinski definition) is 1. The van der Waals surface area contributed by atoms with E-state index in [0.717, 1.165) is 22.8 Å².